The van der Waals surface area contributed by atoms with E-state index in [4.69, 9.17) is 14.2 Å². The zero-order chi connectivity index (χ0) is 29.3. The highest BCUT2D eigenvalue weighted by Crippen LogP contribution is 2.75. The molecule has 0 unspecified atom stereocenters. The van der Waals surface area contributed by atoms with Gasteiger partial charge in [0.2, 0.25) is 0 Å². The summed E-state index contributed by atoms with van der Waals surface area (Å²) in [5, 5.41) is 49.3. The number of rotatable bonds is 4. The molecule has 0 aromatic rings. The van der Waals surface area contributed by atoms with Gasteiger partial charge < -0.3 is 34.6 Å². The molecule has 0 aromatic carbocycles. The minimum absolute atomic E-state index is 0.0451. The molecule has 1 saturated heterocycles. The van der Waals surface area contributed by atoms with Crippen molar-refractivity contribution in [1.29, 1.82) is 0 Å². The van der Waals surface area contributed by atoms with E-state index >= 15 is 0 Å². The average Bonchev–Trinajstić information content (AvgIpc) is 3.55. The summed E-state index contributed by atoms with van der Waals surface area (Å²) in [7, 11) is 0. The summed E-state index contributed by atoms with van der Waals surface area (Å²) >= 11 is 0. The van der Waals surface area contributed by atoms with Crippen LogP contribution in [0.25, 0.3) is 0 Å². The lowest BCUT2D eigenvalue weighted by molar-refractivity contribution is -0.302. The fourth-order valence-electron chi connectivity index (χ4n) is 9.66. The third-order valence-corrected chi connectivity index (χ3v) is 12.3. The number of hydrogen-bond donors (Lipinski definition) is 4. The molecule has 0 aromatic heterocycles. The number of ketones is 1. The Morgan fingerprint density at radius 2 is 1.93 bits per heavy atom. The second kappa shape index (κ2) is 8.25. The Morgan fingerprint density at radius 3 is 2.58 bits per heavy atom. The van der Waals surface area contributed by atoms with E-state index in [1.165, 1.54) is 13.8 Å². The van der Waals surface area contributed by atoms with Gasteiger partial charge in [-0.05, 0) is 71.3 Å². The molecule has 4 N–H and O–H groups in total. The maximum Gasteiger partial charge on any atom is 0.334 e. The van der Waals surface area contributed by atoms with Crippen LogP contribution < -0.4 is 0 Å². The molecule has 4 fully saturated rings. The fraction of sp³-hybridized carbons (Fsp3) is 0.767. The van der Waals surface area contributed by atoms with E-state index in [1.807, 2.05) is 13.0 Å². The highest BCUT2D eigenvalue weighted by Gasteiger charge is 2.85. The maximum atomic E-state index is 13.5. The van der Waals surface area contributed by atoms with E-state index in [-0.39, 0.29) is 30.6 Å². The predicted octanol–water partition coefficient (Wildman–Crippen LogP) is 1.27. The van der Waals surface area contributed by atoms with E-state index in [9.17, 15) is 34.8 Å². The number of allylic oxidation sites excluding steroid dienone is 1. The van der Waals surface area contributed by atoms with E-state index in [1.54, 1.807) is 19.9 Å². The van der Waals surface area contributed by atoms with Crippen LogP contribution in [0.3, 0.4) is 0 Å². The Bertz CT molecular complexity index is 1250. The Kier molecular flexibility index (Phi) is 5.78. The van der Waals surface area contributed by atoms with Gasteiger partial charge in [-0.2, -0.15) is 0 Å². The summed E-state index contributed by atoms with van der Waals surface area (Å²) in [5.74, 6) is -2.44. The second-order valence-electron chi connectivity index (χ2n) is 13.6. The predicted molar refractivity (Wildman–Crippen MR) is 138 cm³/mol. The lowest BCUT2D eigenvalue weighted by Gasteiger charge is -2.64. The number of cyclic esters (lactones) is 1. The van der Waals surface area contributed by atoms with Gasteiger partial charge in [-0.15, -0.1) is 0 Å². The third kappa shape index (κ3) is 2.99. The van der Waals surface area contributed by atoms with E-state index in [0.717, 1.165) is 0 Å². The quantitative estimate of drug-likeness (QED) is 0.291. The fourth-order valence-corrected chi connectivity index (χ4v) is 9.66. The van der Waals surface area contributed by atoms with Crippen molar-refractivity contribution in [1.82, 2.24) is 0 Å². The minimum atomic E-state index is -2.23. The highest BCUT2D eigenvalue weighted by molar-refractivity contribution is 5.97. The van der Waals surface area contributed by atoms with E-state index < -0.39 is 76.3 Å². The zero-order valence-electron chi connectivity index (χ0n) is 23.7. The zero-order valence-corrected chi connectivity index (χ0v) is 23.7. The van der Waals surface area contributed by atoms with Crippen LogP contribution in [0.1, 0.15) is 73.1 Å². The number of carbonyl (C=O) groups is 3. The number of hydrogen-bond acceptors (Lipinski definition) is 10. The first-order valence-electron chi connectivity index (χ1n) is 14.3. The third-order valence-electron chi connectivity index (χ3n) is 12.3. The molecule has 220 valence electrons. The number of esters is 2. The summed E-state index contributed by atoms with van der Waals surface area (Å²) in [6, 6.07) is 0. The van der Waals surface area contributed by atoms with Crippen LogP contribution in [0, 0.1) is 22.7 Å². The van der Waals surface area contributed by atoms with Crippen molar-refractivity contribution in [3.8, 4) is 0 Å². The minimum Gasteiger partial charge on any atom is -0.465 e. The Morgan fingerprint density at radius 1 is 1.23 bits per heavy atom. The topological polar surface area (TPSA) is 163 Å². The molecule has 0 bridgehead atoms. The summed E-state index contributed by atoms with van der Waals surface area (Å²) in [6.07, 6.45) is 1.39. The van der Waals surface area contributed by atoms with Crippen LogP contribution in [0.5, 0.6) is 0 Å². The van der Waals surface area contributed by atoms with Gasteiger partial charge in [0.05, 0.1) is 23.0 Å². The molecule has 2 heterocycles. The van der Waals surface area contributed by atoms with Crippen LogP contribution >= 0.6 is 0 Å². The molecule has 10 nitrogen and oxygen atoms in total. The molecule has 10 heteroatoms. The number of carbonyl (C=O) groups excluding carboxylic acids is 3. The van der Waals surface area contributed by atoms with Crippen LogP contribution in [0.15, 0.2) is 23.3 Å². The molecular formula is C30H40O10. The van der Waals surface area contributed by atoms with Gasteiger partial charge in [-0.1, -0.05) is 11.6 Å². The first-order valence-corrected chi connectivity index (χ1v) is 14.3. The molecule has 40 heavy (non-hydrogen) atoms. The van der Waals surface area contributed by atoms with Crippen molar-refractivity contribution in [3.63, 3.8) is 0 Å². The normalized spacial score (nSPS) is 50.7. The number of aliphatic hydroxyl groups excluding tert-OH is 1. The van der Waals surface area contributed by atoms with Crippen LogP contribution in [0.2, 0.25) is 0 Å². The maximum absolute atomic E-state index is 13.5. The monoisotopic (exact) mass is 560 g/mol. The van der Waals surface area contributed by atoms with Crippen molar-refractivity contribution in [3.05, 3.63) is 23.3 Å². The molecule has 3 saturated carbocycles. The molecule has 0 amide bonds. The smallest absolute Gasteiger partial charge is 0.334 e. The first kappa shape index (κ1) is 28.0. The van der Waals surface area contributed by atoms with E-state index in [0.29, 0.717) is 30.4 Å². The lowest BCUT2D eigenvalue weighted by atomic mass is 9.42. The largest absolute Gasteiger partial charge is 0.465 e. The molecule has 4 aliphatic carbocycles. The summed E-state index contributed by atoms with van der Waals surface area (Å²) in [6.45, 7) is 7.35. The van der Waals surface area contributed by atoms with Crippen LogP contribution in [-0.4, -0.2) is 85.5 Å². The van der Waals surface area contributed by atoms with Gasteiger partial charge in [0.25, 0.3) is 0 Å². The van der Waals surface area contributed by atoms with Crippen molar-refractivity contribution < 1.29 is 49.0 Å². The molecular weight excluding hydrogens is 520 g/mol. The van der Waals surface area contributed by atoms with Gasteiger partial charge in [0.15, 0.2) is 5.78 Å². The second-order valence-corrected chi connectivity index (χ2v) is 13.6. The van der Waals surface area contributed by atoms with Crippen molar-refractivity contribution in [2.45, 2.75) is 114 Å². The highest BCUT2D eigenvalue weighted by atomic mass is 16.6. The molecule has 2 aliphatic heterocycles. The molecule has 0 radical (unpaired) electrons. The van der Waals surface area contributed by atoms with Crippen molar-refractivity contribution >= 4 is 17.7 Å². The van der Waals surface area contributed by atoms with Crippen LogP contribution in [-0.2, 0) is 28.6 Å². The average molecular weight is 561 g/mol. The summed E-state index contributed by atoms with van der Waals surface area (Å²) in [5.41, 5.74) is -8.64. The molecule has 11 atom stereocenters. The molecule has 6 rings (SSSR count). The summed E-state index contributed by atoms with van der Waals surface area (Å²) in [4.78, 5) is 38.2. The Balaban J connectivity index is 1.48. The standard InChI is InChI=1S/C30H40O10/c1-15-11-22(39-24(34)16(15)2)26(5,35)29(36)13-21(33)30(37)19-12-23-28(40-23)9-6-7-20(32)25(28,4)18(19)8-10-27(29,30)14-38-17(3)31/h6-7,18-19,21-23,33,35-37H,8-14H2,1-5H3/t18-,19+,21-,22+,23+,25-,26-,27-,28+,29+,30-/m0/s1. The van der Waals surface area contributed by atoms with E-state index in [2.05, 4.69) is 0 Å². The first-order chi connectivity index (χ1) is 18.5. The molecule has 6 aliphatic rings. The number of aliphatic hydroxyl groups is 4. The van der Waals surface area contributed by atoms with Crippen molar-refractivity contribution in [2.75, 3.05) is 6.61 Å². The van der Waals surface area contributed by atoms with Gasteiger partial charge >= 0.3 is 11.9 Å². The summed E-state index contributed by atoms with van der Waals surface area (Å²) < 4.78 is 17.3. The number of fused-ring (bicyclic) bond motifs is 4. The lowest BCUT2D eigenvalue weighted by Crippen LogP contribution is -2.76. The van der Waals surface area contributed by atoms with Gasteiger partial charge in [-0.25, -0.2) is 4.79 Å². The SMILES string of the molecule is CC(=O)OC[C@]12CC[C@H]3[C@@H](C[C@H]4O[C@]45CC=CC(=O)[C@]35C)[C@]1(O)[C@@H](O)C[C@@]2(O)[C@@](C)(O)[C@H]1CC(C)=C(C)C(=O)O1. The van der Waals surface area contributed by atoms with Gasteiger partial charge in [0, 0.05) is 25.3 Å². The van der Waals surface area contributed by atoms with Crippen molar-refractivity contribution in [2.24, 2.45) is 22.7 Å². The number of ether oxygens (including phenoxy) is 3. The Labute approximate surface area is 233 Å². The Hall–Kier alpha value is -2.11. The van der Waals surface area contributed by atoms with Crippen LogP contribution in [0.4, 0.5) is 0 Å². The van der Waals surface area contributed by atoms with Gasteiger partial charge in [0.1, 0.15) is 35.1 Å². The molecule has 1 spiro atoms. The van der Waals surface area contributed by atoms with Gasteiger partial charge in [-0.3, -0.25) is 9.59 Å². The number of epoxide rings is 1.